The molecule has 2 N–H and O–H groups in total. The van der Waals surface area contributed by atoms with Gasteiger partial charge in [-0.2, -0.15) is 13.2 Å². The Bertz CT molecular complexity index is 1340. The van der Waals surface area contributed by atoms with Gasteiger partial charge in [-0.05, 0) is 35.9 Å². The zero-order valence-corrected chi connectivity index (χ0v) is 19.6. The van der Waals surface area contributed by atoms with E-state index in [0.717, 1.165) is 42.0 Å². The number of carbonyl (C=O) groups is 1. The molecule has 3 aromatic rings. The molecule has 0 aliphatic heterocycles. The van der Waals surface area contributed by atoms with Gasteiger partial charge in [0.15, 0.2) is 23.8 Å². The lowest BCUT2D eigenvalue weighted by Crippen LogP contribution is -2.47. The first-order valence-electron chi connectivity index (χ1n) is 10.3. The summed E-state index contributed by atoms with van der Waals surface area (Å²) in [4.78, 5) is 22.3. The Hall–Kier alpha value is -3.57. The maximum atomic E-state index is 14.2. The predicted octanol–water partition coefficient (Wildman–Crippen LogP) is 4.99. The number of carboxylic acids is 1. The van der Waals surface area contributed by atoms with Crippen molar-refractivity contribution in [2.24, 2.45) is 7.05 Å². The summed E-state index contributed by atoms with van der Waals surface area (Å²) in [5.41, 5.74) is -4.52. The van der Waals surface area contributed by atoms with Crippen LogP contribution in [0.5, 0.6) is 17.2 Å². The Kier molecular flexibility index (Phi) is 7.65. The van der Waals surface area contributed by atoms with Gasteiger partial charge in [0.1, 0.15) is 11.5 Å². The fourth-order valence-electron chi connectivity index (χ4n) is 3.56. The molecule has 0 bridgehead atoms. The first-order chi connectivity index (χ1) is 16.7. The number of hydrogen-bond acceptors (Lipinski definition) is 5. The van der Waals surface area contributed by atoms with Crippen LogP contribution in [0.4, 0.5) is 17.6 Å². The summed E-state index contributed by atoms with van der Waals surface area (Å²) in [5, 5.41) is 19.4. The molecule has 0 aliphatic rings. The van der Waals surface area contributed by atoms with Gasteiger partial charge in [0, 0.05) is 41.9 Å². The van der Waals surface area contributed by atoms with Crippen LogP contribution in [0.2, 0.25) is 5.02 Å². The van der Waals surface area contributed by atoms with Crippen molar-refractivity contribution < 1.29 is 42.0 Å². The highest BCUT2D eigenvalue weighted by Gasteiger charge is 2.59. The van der Waals surface area contributed by atoms with E-state index in [1.165, 1.54) is 31.3 Å². The lowest BCUT2D eigenvalue weighted by molar-refractivity contribution is -0.274. The second-order valence-electron chi connectivity index (χ2n) is 7.91. The fourth-order valence-corrected chi connectivity index (χ4v) is 3.89. The Labute approximate surface area is 207 Å². The lowest BCUT2D eigenvalue weighted by atomic mass is 9.78. The summed E-state index contributed by atoms with van der Waals surface area (Å²) in [5.74, 6) is -3.99. The Balaban J connectivity index is 1.93. The van der Waals surface area contributed by atoms with Gasteiger partial charge in [0.2, 0.25) is 5.56 Å². The fraction of sp³-hybridized carbons (Fsp3) is 0.250. The molecule has 3 rings (SSSR count). The van der Waals surface area contributed by atoms with E-state index in [9.17, 15) is 32.3 Å². The van der Waals surface area contributed by atoms with Crippen molar-refractivity contribution in [2.75, 3.05) is 6.61 Å². The standard InChI is InChI=1S/C24H20ClF4NO6/c1-13(23(34,24(27,28)29)14-3-8-21(31)30(2)11-14)17-6-4-15(9-18(17)25)36-16-5-7-19(26)20(10-16)35-12-22(32)33/h3-11,13,34H,12H2,1-2H3,(H,32,33)/t13-,23-/m1/s1. The van der Waals surface area contributed by atoms with Crippen LogP contribution in [-0.2, 0) is 17.4 Å². The van der Waals surface area contributed by atoms with Crippen LogP contribution in [0, 0.1) is 5.82 Å². The number of aromatic nitrogens is 1. The molecule has 0 radical (unpaired) electrons. The van der Waals surface area contributed by atoms with Crippen LogP contribution < -0.4 is 15.0 Å². The van der Waals surface area contributed by atoms with Crippen molar-refractivity contribution >= 4 is 17.6 Å². The molecule has 2 aromatic carbocycles. The zero-order valence-electron chi connectivity index (χ0n) is 18.8. The van der Waals surface area contributed by atoms with Crippen LogP contribution >= 0.6 is 11.6 Å². The summed E-state index contributed by atoms with van der Waals surface area (Å²) < 4.78 is 67.6. The molecule has 7 nitrogen and oxygen atoms in total. The third-order valence-electron chi connectivity index (χ3n) is 5.51. The maximum Gasteiger partial charge on any atom is 0.422 e. The molecule has 0 spiro atoms. The number of aliphatic hydroxyl groups is 1. The number of alkyl halides is 3. The average molecular weight is 530 g/mol. The average Bonchev–Trinajstić information content (AvgIpc) is 2.79. The summed E-state index contributed by atoms with van der Waals surface area (Å²) in [6, 6.07) is 8.92. The molecular formula is C24H20ClF4NO6. The van der Waals surface area contributed by atoms with Crippen LogP contribution in [-0.4, -0.2) is 33.5 Å². The van der Waals surface area contributed by atoms with Crippen LogP contribution in [0.25, 0.3) is 0 Å². The maximum absolute atomic E-state index is 14.2. The van der Waals surface area contributed by atoms with Crippen LogP contribution in [0.15, 0.2) is 59.5 Å². The molecule has 36 heavy (non-hydrogen) atoms. The SMILES string of the molecule is C[C@H](c1ccc(Oc2ccc(F)c(OCC(=O)O)c2)cc1Cl)[C@@](O)(c1ccc(=O)n(C)c1)C(F)(F)F. The van der Waals surface area contributed by atoms with E-state index in [0.29, 0.717) is 0 Å². The summed E-state index contributed by atoms with van der Waals surface area (Å²) in [6.45, 7) is 0.364. The van der Waals surface area contributed by atoms with Gasteiger partial charge in [0.25, 0.3) is 0 Å². The molecule has 0 amide bonds. The third-order valence-corrected chi connectivity index (χ3v) is 5.84. The van der Waals surface area contributed by atoms with Gasteiger partial charge < -0.3 is 24.3 Å². The van der Waals surface area contributed by atoms with Gasteiger partial charge in [-0.25, -0.2) is 9.18 Å². The van der Waals surface area contributed by atoms with Gasteiger partial charge in [-0.15, -0.1) is 0 Å². The van der Waals surface area contributed by atoms with Crippen molar-refractivity contribution in [3.63, 3.8) is 0 Å². The second kappa shape index (κ2) is 10.2. The van der Waals surface area contributed by atoms with Crippen molar-refractivity contribution in [3.8, 4) is 17.2 Å². The van der Waals surface area contributed by atoms with E-state index in [1.54, 1.807) is 0 Å². The first-order valence-corrected chi connectivity index (χ1v) is 10.7. The molecule has 192 valence electrons. The normalized spacial score (nSPS) is 14.1. The highest BCUT2D eigenvalue weighted by Crippen LogP contribution is 2.50. The number of rotatable bonds is 8. The van der Waals surface area contributed by atoms with Gasteiger partial charge in [-0.3, -0.25) is 4.79 Å². The number of pyridine rings is 1. The van der Waals surface area contributed by atoms with Gasteiger partial charge in [0.05, 0.1) is 0 Å². The molecule has 1 aromatic heterocycles. The highest BCUT2D eigenvalue weighted by atomic mass is 35.5. The number of aliphatic carboxylic acids is 1. The number of halogens is 5. The van der Waals surface area contributed by atoms with E-state index in [-0.39, 0.29) is 27.8 Å². The van der Waals surface area contributed by atoms with Crippen molar-refractivity contribution in [3.05, 3.63) is 87.0 Å². The number of benzene rings is 2. The zero-order chi connectivity index (χ0) is 26.8. The second-order valence-corrected chi connectivity index (χ2v) is 8.32. The molecule has 0 aliphatic carbocycles. The van der Waals surface area contributed by atoms with Crippen LogP contribution in [0.1, 0.15) is 24.0 Å². The number of ether oxygens (including phenoxy) is 2. The van der Waals surface area contributed by atoms with Gasteiger partial charge in [-0.1, -0.05) is 24.6 Å². The lowest BCUT2D eigenvalue weighted by Gasteiger charge is -2.37. The summed E-state index contributed by atoms with van der Waals surface area (Å²) in [6.07, 6.45) is -4.21. The minimum Gasteiger partial charge on any atom is -0.479 e. The third kappa shape index (κ3) is 5.47. The van der Waals surface area contributed by atoms with Crippen molar-refractivity contribution in [1.82, 2.24) is 4.57 Å². The summed E-state index contributed by atoms with van der Waals surface area (Å²) >= 11 is 6.27. The number of hydrogen-bond donors (Lipinski definition) is 2. The Morgan fingerprint density at radius 1 is 1.11 bits per heavy atom. The quantitative estimate of drug-likeness (QED) is 0.399. The molecular weight excluding hydrogens is 510 g/mol. The number of nitrogens with zero attached hydrogens (tertiary/aromatic N) is 1. The molecule has 12 heteroatoms. The smallest absolute Gasteiger partial charge is 0.422 e. The molecule has 0 saturated carbocycles. The predicted molar refractivity (Wildman–Crippen MR) is 121 cm³/mol. The Morgan fingerprint density at radius 2 is 1.75 bits per heavy atom. The van der Waals surface area contributed by atoms with E-state index < -0.39 is 47.2 Å². The topological polar surface area (TPSA) is 98.0 Å². The van der Waals surface area contributed by atoms with E-state index in [4.69, 9.17) is 26.2 Å². The van der Waals surface area contributed by atoms with Crippen LogP contribution in [0.3, 0.4) is 0 Å². The largest absolute Gasteiger partial charge is 0.479 e. The highest BCUT2D eigenvalue weighted by molar-refractivity contribution is 6.31. The van der Waals surface area contributed by atoms with E-state index in [2.05, 4.69) is 0 Å². The molecule has 0 fully saturated rings. The molecule has 0 unspecified atom stereocenters. The van der Waals surface area contributed by atoms with Gasteiger partial charge >= 0.3 is 12.1 Å². The van der Waals surface area contributed by atoms with E-state index in [1.807, 2.05) is 0 Å². The van der Waals surface area contributed by atoms with E-state index >= 15 is 0 Å². The minimum atomic E-state index is -5.12. The number of carboxylic acid groups (broad SMARTS) is 1. The Morgan fingerprint density at radius 3 is 2.33 bits per heavy atom. The molecule has 2 atom stereocenters. The molecule has 0 saturated heterocycles. The first kappa shape index (κ1) is 27.0. The number of aryl methyl sites for hydroxylation is 1. The van der Waals surface area contributed by atoms with Crippen molar-refractivity contribution in [2.45, 2.75) is 24.6 Å². The monoisotopic (exact) mass is 529 g/mol. The minimum absolute atomic E-state index is 0.0469. The molecule has 1 heterocycles. The summed E-state index contributed by atoms with van der Waals surface area (Å²) in [7, 11) is 1.26. The van der Waals surface area contributed by atoms with Crippen molar-refractivity contribution in [1.29, 1.82) is 0 Å².